The molecule has 0 aliphatic heterocycles. The molecule has 0 amide bonds. The van der Waals surface area contributed by atoms with Gasteiger partial charge < -0.3 is 5.73 Å². The highest BCUT2D eigenvalue weighted by Crippen LogP contribution is 2.13. The van der Waals surface area contributed by atoms with Crippen molar-refractivity contribution in [1.29, 1.82) is 5.26 Å². The molecule has 5 nitrogen and oxygen atoms in total. The average molecular weight is 318 g/mol. The topological polar surface area (TPSA) is 96.0 Å². The Kier molecular flexibility index (Phi) is 7.76. The van der Waals surface area contributed by atoms with Gasteiger partial charge in [-0.05, 0) is 30.5 Å². The highest BCUT2D eigenvalue weighted by atomic mass is 35.5. The fourth-order valence-electron chi connectivity index (χ4n) is 1.78. The SMILES string of the molecule is CC(C)CC(CN)NS(=O)(=O)c1cccc(C#N)c1.Cl. The molecule has 1 aromatic rings. The minimum Gasteiger partial charge on any atom is -0.329 e. The molecule has 0 aromatic heterocycles. The smallest absolute Gasteiger partial charge is 0.240 e. The number of nitrogens with one attached hydrogen (secondary N) is 1. The van der Waals surface area contributed by atoms with Crippen LogP contribution in [0, 0.1) is 17.2 Å². The molecular formula is C13H20ClN3O2S. The van der Waals surface area contributed by atoms with Crippen LogP contribution in [0.4, 0.5) is 0 Å². The summed E-state index contributed by atoms with van der Waals surface area (Å²) >= 11 is 0. The van der Waals surface area contributed by atoms with Crippen molar-refractivity contribution in [2.45, 2.75) is 31.2 Å². The molecule has 0 saturated carbocycles. The van der Waals surface area contributed by atoms with Crippen molar-refractivity contribution in [3.63, 3.8) is 0 Å². The Morgan fingerprint density at radius 1 is 1.40 bits per heavy atom. The van der Waals surface area contributed by atoms with Crippen LogP contribution >= 0.6 is 12.4 Å². The summed E-state index contributed by atoms with van der Waals surface area (Å²) in [6.07, 6.45) is 0.674. The van der Waals surface area contributed by atoms with E-state index < -0.39 is 10.0 Å². The first-order valence-corrected chi connectivity index (χ1v) is 7.60. The number of nitrogens with zero attached hydrogens (tertiary/aromatic N) is 1. The lowest BCUT2D eigenvalue weighted by Gasteiger charge is -2.18. The van der Waals surface area contributed by atoms with Crippen LogP contribution in [0.1, 0.15) is 25.8 Å². The molecule has 1 aromatic carbocycles. The second kappa shape index (κ2) is 8.22. The zero-order chi connectivity index (χ0) is 14.5. The Hall–Kier alpha value is -1.13. The number of benzene rings is 1. The second-order valence-electron chi connectivity index (χ2n) is 4.82. The quantitative estimate of drug-likeness (QED) is 0.833. The van der Waals surface area contributed by atoms with E-state index in [1.54, 1.807) is 12.1 Å². The van der Waals surface area contributed by atoms with Crippen molar-refractivity contribution in [2.75, 3.05) is 6.54 Å². The molecule has 0 aliphatic rings. The fraction of sp³-hybridized carbons (Fsp3) is 0.462. The molecule has 1 atom stereocenters. The van der Waals surface area contributed by atoms with Crippen molar-refractivity contribution in [1.82, 2.24) is 4.72 Å². The zero-order valence-corrected chi connectivity index (χ0v) is 13.2. The van der Waals surface area contributed by atoms with Crippen LogP contribution in [0.15, 0.2) is 29.2 Å². The predicted octanol–water partition coefficient (Wildman–Crippen LogP) is 1.63. The van der Waals surface area contributed by atoms with Gasteiger partial charge in [0.1, 0.15) is 0 Å². The third-order valence-electron chi connectivity index (χ3n) is 2.64. The van der Waals surface area contributed by atoms with Gasteiger partial charge in [0.05, 0.1) is 16.5 Å². The number of nitriles is 1. The molecule has 0 bridgehead atoms. The van der Waals surface area contributed by atoms with E-state index in [9.17, 15) is 8.42 Å². The van der Waals surface area contributed by atoms with Gasteiger partial charge >= 0.3 is 0 Å². The van der Waals surface area contributed by atoms with Gasteiger partial charge in [-0.1, -0.05) is 19.9 Å². The molecule has 112 valence electrons. The van der Waals surface area contributed by atoms with Crippen LogP contribution < -0.4 is 10.5 Å². The number of rotatable bonds is 6. The highest BCUT2D eigenvalue weighted by molar-refractivity contribution is 7.89. The Balaban J connectivity index is 0.00000361. The standard InChI is InChI=1S/C13H19N3O2S.ClH/c1-10(2)6-12(9-15)16-19(17,18)13-5-3-4-11(7-13)8-14;/h3-5,7,10,12,16H,6,9,15H2,1-2H3;1H. The van der Waals surface area contributed by atoms with Crippen molar-refractivity contribution in [3.05, 3.63) is 29.8 Å². The van der Waals surface area contributed by atoms with Gasteiger partial charge in [0.25, 0.3) is 0 Å². The Morgan fingerprint density at radius 3 is 2.55 bits per heavy atom. The Morgan fingerprint density at radius 2 is 2.05 bits per heavy atom. The highest BCUT2D eigenvalue weighted by Gasteiger charge is 2.20. The third kappa shape index (κ3) is 5.47. The molecule has 1 unspecified atom stereocenters. The minimum atomic E-state index is -3.63. The maximum Gasteiger partial charge on any atom is 0.240 e. The summed E-state index contributed by atoms with van der Waals surface area (Å²) in [7, 11) is -3.63. The van der Waals surface area contributed by atoms with Gasteiger partial charge in [0.2, 0.25) is 10.0 Å². The van der Waals surface area contributed by atoms with Gasteiger partial charge in [-0.15, -0.1) is 12.4 Å². The number of halogens is 1. The van der Waals surface area contributed by atoms with E-state index >= 15 is 0 Å². The van der Waals surface area contributed by atoms with Gasteiger partial charge in [-0.3, -0.25) is 0 Å². The maximum atomic E-state index is 12.2. The average Bonchev–Trinajstić information content (AvgIpc) is 2.37. The summed E-state index contributed by atoms with van der Waals surface area (Å²) < 4.78 is 26.9. The molecule has 0 saturated heterocycles. The van der Waals surface area contributed by atoms with E-state index in [-0.39, 0.29) is 29.9 Å². The molecule has 0 fully saturated rings. The Bertz CT molecular complexity index is 567. The van der Waals surface area contributed by atoms with Gasteiger partial charge in [-0.25, -0.2) is 13.1 Å². The molecule has 20 heavy (non-hydrogen) atoms. The summed E-state index contributed by atoms with van der Waals surface area (Å²) in [5.41, 5.74) is 5.90. The number of hydrogen-bond acceptors (Lipinski definition) is 4. The van der Waals surface area contributed by atoms with Crippen LogP contribution in [0.25, 0.3) is 0 Å². The maximum absolute atomic E-state index is 12.2. The molecule has 0 spiro atoms. The normalized spacial score (nSPS) is 12.6. The van der Waals surface area contributed by atoms with Crippen molar-refractivity contribution >= 4 is 22.4 Å². The minimum absolute atomic E-state index is 0. The van der Waals surface area contributed by atoms with E-state index in [0.29, 0.717) is 17.9 Å². The first-order chi connectivity index (χ1) is 8.89. The van der Waals surface area contributed by atoms with Crippen LogP contribution in [0.3, 0.4) is 0 Å². The van der Waals surface area contributed by atoms with Crippen molar-refractivity contribution in [2.24, 2.45) is 11.7 Å². The molecule has 3 N–H and O–H groups in total. The lowest BCUT2D eigenvalue weighted by atomic mass is 10.1. The summed E-state index contributed by atoms with van der Waals surface area (Å²) in [6, 6.07) is 7.55. The van der Waals surface area contributed by atoms with Crippen LogP contribution in [0.2, 0.25) is 0 Å². The van der Waals surface area contributed by atoms with E-state index in [4.69, 9.17) is 11.0 Å². The zero-order valence-electron chi connectivity index (χ0n) is 11.5. The van der Waals surface area contributed by atoms with E-state index in [0.717, 1.165) is 0 Å². The summed E-state index contributed by atoms with van der Waals surface area (Å²) in [5.74, 6) is 0.349. The van der Waals surface area contributed by atoms with E-state index in [1.165, 1.54) is 12.1 Å². The predicted molar refractivity (Wildman–Crippen MR) is 81.0 cm³/mol. The van der Waals surface area contributed by atoms with Crippen LogP contribution in [0.5, 0.6) is 0 Å². The van der Waals surface area contributed by atoms with Crippen LogP contribution in [-0.2, 0) is 10.0 Å². The third-order valence-corrected chi connectivity index (χ3v) is 4.15. The molecule has 1 rings (SSSR count). The first kappa shape index (κ1) is 18.9. The monoisotopic (exact) mass is 317 g/mol. The number of nitrogens with two attached hydrogens (primary N) is 1. The number of hydrogen-bond donors (Lipinski definition) is 2. The lowest BCUT2D eigenvalue weighted by molar-refractivity contribution is 0.465. The molecular weight excluding hydrogens is 298 g/mol. The molecule has 0 radical (unpaired) electrons. The lowest BCUT2D eigenvalue weighted by Crippen LogP contribution is -2.40. The molecule has 0 heterocycles. The largest absolute Gasteiger partial charge is 0.329 e. The van der Waals surface area contributed by atoms with E-state index in [1.807, 2.05) is 19.9 Å². The van der Waals surface area contributed by atoms with Crippen molar-refractivity contribution in [3.8, 4) is 6.07 Å². The molecule has 0 aliphatic carbocycles. The van der Waals surface area contributed by atoms with E-state index in [2.05, 4.69) is 4.72 Å². The number of sulfonamides is 1. The van der Waals surface area contributed by atoms with Gasteiger partial charge in [0.15, 0.2) is 0 Å². The van der Waals surface area contributed by atoms with Crippen molar-refractivity contribution < 1.29 is 8.42 Å². The first-order valence-electron chi connectivity index (χ1n) is 6.11. The van der Waals surface area contributed by atoms with Gasteiger partial charge in [0, 0.05) is 12.6 Å². The van der Waals surface area contributed by atoms with Gasteiger partial charge in [-0.2, -0.15) is 5.26 Å². The summed E-state index contributed by atoms with van der Waals surface area (Å²) in [5, 5.41) is 8.79. The van der Waals surface area contributed by atoms with Crippen LogP contribution in [-0.4, -0.2) is 21.0 Å². The second-order valence-corrected chi connectivity index (χ2v) is 6.54. The summed E-state index contributed by atoms with van der Waals surface area (Å²) in [4.78, 5) is 0.0914. The molecule has 7 heteroatoms. The fourth-order valence-corrected chi connectivity index (χ4v) is 3.09. The Labute approximate surface area is 126 Å². The summed E-state index contributed by atoms with van der Waals surface area (Å²) in [6.45, 7) is 4.26.